The first kappa shape index (κ1) is 20.7. The zero-order valence-electron chi connectivity index (χ0n) is 16.7. The Morgan fingerprint density at radius 1 is 1.10 bits per heavy atom. The van der Waals surface area contributed by atoms with E-state index in [0.29, 0.717) is 16.9 Å². The number of imidazole rings is 1. The van der Waals surface area contributed by atoms with E-state index in [4.69, 9.17) is 0 Å². The lowest BCUT2D eigenvalue weighted by Crippen LogP contribution is -2.25. The molecule has 29 heavy (non-hydrogen) atoms. The number of nitrogens with one attached hydrogen (secondary N) is 2. The van der Waals surface area contributed by atoms with Crippen molar-refractivity contribution >= 4 is 15.9 Å². The lowest BCUT2D eigenvalue weighted by atomic mass is 10.1. The van der Waals surface area contributed by atoms with Gasteiger partial charge in [-0.3, -0.25) is 9.36 Å². The molecule has 0 aliphatic heterocycles. The number of benzene rings is 1. The third-order valence-electron chi connectivity index (χ3n) is 4.78. The molecule has 152 valence electrons. The van der Waals surface area contributed by atoms with E-state index in [9.17, 15) is 13.2 Å². The second-order valence-corrected chi connectivity index (χ2v) is 8.53. The Morgan fingerprint density at radius 3 is 2.52 bits per heavy atom. The molecule has 3 aromatic rings. The van der Waals surface area contributed by atoms with Crippen LogP contribution in [0.2, 0.25) is 0 Å². The van der Waals surface area contributed by atoms with Crippen LogP contribution in [-0.2, 0) is 16.6 Å². The smallest absolute Gasteiger partial charge is 0.251 e. The lowest BCUT2D eigenvalue weighted by molar-refractivity contribution is 0.0950. The van der Waals surface area contributed by atoms with Gasteiger partial charge in [0.25, 0.3) is 5.91 Å². The van der Waals surface area contributed by atoms with E-state index >= 15 is 0 Å². The molecule has 9 heteroatoms. The highest BCUT2D eigenvalue weighted by Crippen LogP contribution is 2.21. The standard InChI is InChI=1S/C20H23N5O3S/c1-13-9-17(11-18(14(13)2)29(27,28)21-4)20(26)24-12-16-5-6-23-19(10-16)25-8-7-22-15(25)3/h5-11,21H,12H2,1-4H3,(H,24,26). The topological polar surface area (TPSA) is 106 Å². The first-order valence-corrected chi connectivity index (χ1v) is 10.5. The summed E-state index contributed by atoms with van der Waals surface area (Å²) in [5, 5.41) is 2.84. The molecule has 0 saturated carbocycles. The van der Waals surface area contributed by atoms with Crippen molar-refractivity contribution in [2.24, 2.45) is 0 Å². The summed E-state index contributed by atoms with van der Waals surface area (Å²) in [5.41, 5.74) is 2.50. The second-order valence-electron chi connectivity index (χ2n) is 6.67. The van der Waals surface area contributed by atoms with E-state index in [1.54, 1.807) is 32.3 Å². The Labute approximate surface area is 170 Å². The average Bonchev–Trinajstić information content (AvgIpc) is 3.14. The molecule has 0 atom stereocenters. The third-order valence-corrected chi connectivity index (χ3v) is 6.32. The summed E-state index contributed by atoms with van der Waals surface area (Å²) in [5.74, 6) is 1.17. The number of aryl methyl sites for hydroxylation is 2. The monoisotopic (exact) mass is 413 g/mol. The number of carbonyl (C=O) groups excluding carboxylic acids is 1. The maximum atomic E-state index is 12.7. The first-order valence-electron chi connectivity index (χ1n) is 9.01. The van der Waals surface area contributed by atoms with E-state index in [2.05, 4.69) is 20.0 Å². The molecular weight excluding hydrogens is 390 g/mol. The van der Waals surface area contributed by atoms with Crippen LogP contribution in [0.1, 0.15) is 32.9 Å². The van der Waals surface area contributed by atoms with Crippen molar-refractivity contribution in [1.29, 1.82) is 0 Å². The molecular formula is C20H23N5O3S. The van der Waals surface area contributed by atoms with Gasteiger partial charge in [-0.15, -0.1) is 0 Å². The van der Waals surface area contributed by atoms with Gasteiger partial charge in [-0.1, -0.05) is 0 Å². The molecule has 3 rings (SSSR count). The summed E-state index contributed by atoms with van der Waals surface area (Å²) in [7, 11) is -2.31. The van der Waals surface area contributed by atoms with E-state index < -0.39 is 10.0 Å². The van der Waals surface area contributed by atoms with Crippen molar-refractivity contribution in [1.82, 2.24) is 24.6 Å². The molecule has 0 fully saturated rings. The Morgan fingerprint density at radius 2 is 1.86 bits per heavy atom. The number of pyridine rings is 1. The molecule has 0 aliphatic carbocycles. The van der Waals surface area contributed by atoms with Crippen LogP contribution in [0.15, 0.2) is 47.8 Å². The summed E-state index contributed by atoms with van der Waals surface area (Å²) >= 11 is 0. The van der Waals surface area contributed by atoms with Gasteiger partial charge >= 0.3 is 0 Å². The molecule has 0 spiro atoms. The number of nitrogens with zero attached hydrogens (tertiary/aromatic N) is 3. The lowest BCUT2D eigenvalue weighted by Gasteiger charge is -2.13. The van der Waals surface area contributed by atoms with E-state index in [1.165, 1.54) is 13.1 Å². The van der Waals surface area contributed by atoms with Gasteiger partial charge in [0.2, 0.25) is 10.0 Å². The number of amides is 1. The van der Waals surface area contributed by atoms with Crippen molar-refractivity contribution in [3.8, 4) is 5.82 Å². The molecule has 0 aliphatic rings. The molecule has 0 saturated heterocycles. The van der Waals surface area contributed by atoms with Crippen LogP contribution in [0.4, 0.5) is 0 Å². The second kappa shape index (κ2) is 8.14. The molecule has 1 amide bonds. The normalized spacial score (nSPS) is 11.4. The van der Waals surface area contributed by atoms with Crippen molar-refractivity contribution < 1.29 is 13.2 Å². The average molecular weight is 414 g/mol. The minimum absolute atomic E-state index is 0.104. The van der Waals surface area contributed by atoms with Crippen LogP contribution in [0.25, 0.3) is 5.82 Å². The van der Waals surface area contributed by atoms with Gasteiger partial charge in [-0.2, -0.15) is 0 Å². The van der Waals surface area contributed by atoms with Gasteiger partial charge in [0, 0.05) is 30.7 Å². The molecule has 1 aromatic carbocycles. The Bertz CT molecular complexity index is 1170. The van der Waals surface area contributed by atoms with Crippen molar-refractivity contribution in [3.05, 3.63) is 70.9 Å². The summed E-state index contributed by atoms with van der Waals surface area (Å²) < 4.78 is 28.6. The molecule has 2 aromatic heterocycles. The number of hydrogen-bond acceptors (Lipinski definition) is 5. The number of hydrogen-bond donors (Lipinski definition) is 2. The molecule has 0 unspecified atom stereocenters. The minimum Gasteiger partial charge on any atom is -0.348 e. The summed E-state index contributed by atoms with van der Waals surface area (Å²) in [6.45, 7) is 5.66. The van der Waals surface area contributed by atoms with Crippen LogP contribution < -0.4 is 10.0 Å². The van der Waals surface area contributed by atoms with Crippen molar-refractivity contribution in [2.75, 3.05) is 7.05 Å². The van der Waals surface area contributed by atoms with E-state index in [-0.39, 0.29) is 17.3 Å². The quantitative estimate of drug-likeness (QED) is 0.643. The molecule has 0 radical (unpaired) electrons. The van der Waals surface area contributed by atoms with Gasteiger partial charge < -0.3 is 5.32 Å². The largest absolute Gasteiger partial charge is 0.348 e. The SMILES string of the molecule is CNS(=O)(=O)c1cc(C(=O)NCc2ccnc(-n3ccnc3C)c2)cc(C)c1C. The Hall–Kier alpha value is -3.04. The number of sulfonamides is 1. The molecule has 2 N–H and O–H groups in total. The fourth-order valence-electron chi connectivity index (χ4n) is 2.95. The summed E-state index contributed by atoms with van der Waals surface area (Å²) in [4.78, 5) is 21.3. The van der Waals surface area contributed by atoms with Crippen molar-refractivity contribution in [3.63, 3.8) is 0 Å². The zero-order valence-corrected chi connectivity index (χ0v) is 17.5. The third kappa shape index (κ3) is 4.36. The number of rotatable bonds is 6. The van der Waals surface area contributed by atoms with Crippen LogP contribution in [0, 0.1) is 20.8 Å². The zero-order chi connectivity index (χ0) is 21.2. The van der Waals surface area contributed by atoms with Crippen LogP contribution >= 0.6 is 0 Å². The molecule has 8 nitrogen and oxygen atoms in total. The van der Waals surface area contributed by atoms with Crippen molar-refractivity contribution in [2.45, 2.75) is 32.2 Å². The maximum absolute atomic E-state index is 12.7. The highest BCUT2D eigenvalue weighted by Gasteiger charge is 2.19. The predicted octanol–water partition coefficient (Wildman–Crippen LogP) is 2.03. The summed E-state index contributed by atoms with van der Waals surface area (Å²) in [6, 6.07) is 6.77. The highest BCUT2D eigenvalue weighted by atomic mass is 32.2. The molecule has 2 heterocycles. The Balaban J connectivity index is 1.81. The van der Waals surface area contributed by atoms with Gasteiger partial charge in [-0.05, 0) is 68.8 Å². The van der Waals surface area contributed by atoms with E-state index in [0.717, 1.165) is 17.0 Å². The maximum Gasteiger partial charge on any atom is 0.251 e. The van der Waals surface area contributed by atoms with Crippen LogP contribution in [0.3, 0.4) is 0 Å². The Kier molecular flexibility index (Phi) is 5.81. The fraction of sp³-hybridized carbons (Fsp3) is 0.250. The fourth-order valence-corrected chi connectivity index (χ4v) is 4.02. The van der Waals surface area contributed by atoms with Gasteiger partial charge in [0.05, 0.1) is 4.90 Å². The van der Waals surface area contributed by atoms with E-state index in [1.807, 2.05) is 29.8 Å². The molecule has 0 bridgehead atoms. The van der Waals surface area contributed by atoms with Gasteiger partial charge in [0.15, 0.2) is 0 Å². The van der Waals surface area contributed by atoms with Crippen LogP contribution in [-0.4, -0.2) is 35.9 Å². The number of aromatic nitrogens is 3. The van der Waals surface area contributed by atoms with Gasteiger partial charge in [-0.25, -0.2) is 23.1 Å². The van der Waals surface area contributed by atoms with Gasteiger partial charge in [0.1, 0.15) is 11.6 Å². The number of carbonyl (C=O) groups is 1. The van der Waals surface area contributed by atoms with Crippen LogP contribution in [0.5, 0.6) is 0 Å². The summed E-state index contributed by atoms with van der Waals surface area (Å²) in [6.07, 6.45) is 5.19. The first-order chi connectivity index (χ1) is 13.7. The highest BCUT2D eigenvalue weighted by molar-refractivity contribution is 7.89. The predicted molar refractivity (Wildman–Crippen MR) is 109 cm³/mol. The minimum atomic E-state index is -3.66.